The molecular weight excluding hydrogens is 264 g/mol. The third kappa shape index (κ3) is 3.00. The number of nitrogens with zero attached hydrogens (tertiary/aromatic N) is 2. The molecule has 1 fully saturated rings. The second-order valence-electron chi connectivity index (χ2n) is 5.24. The molecule has 0 saturated carbocycles. The van der Waals surface area contributed by atoms with Gasteiger partial charge in [0.15, 0.2) is 0 Å². The average molecular weight is 283 g/mol. The monoisotopic (exact) mass is 282 g/mol. The summed E-state index contributed by atoms with van der Waals surface area (Å²) in [4.78, 5) is 12.8. The van der Waals surface area contributed by atoms with E-state index >= 15 is 0 Å². The van der Waals surface area contributed by atoms with E-state index in [2.05, 4.69) is 11.8 Å². The molecule has 4 nitrogen and oxygen atoms in total. The molecule has 1 aliphatic heterocycles. The van der Waals surface area contributed by atoms with Crippen molar-refractivity contribution in [2.24, 2.45) is 5.92 Å². The van der Waals surface area contributed by atoms with E-state index in [1.807, 2.05) is 6.92 Å². The lowest BCUT2D eigenvalue weighted by atomic mass is 9.98. The highest BCUT2D eigenvalue weighted by atomic mass is 35.5. The van der Waals surface area contributed by atoms with E-state index in [1.54, 1.807) is 6.07 Å². The highest BCUT2D eigenvalue weighted by Gasteiger charge is 2.23. The number of hydrogen-bond donors (Lipinski definition) is 0. The van der Waals surface area contributed by atoms with Crippen molar-refractivity contribution < 1.29 is 4.92 Å². The van der Waals surface area contributed by atoms with Crippen molar-refractivity contribution in [3.05, 3.63) is 32.8 Å². The van der Waals surface area contributed by atoms with Crippen LogP contribution in [0, 0.1) is 16.0 Å². The van der Waals surface area contributed by atoms with Gasteiger partial charge in [0.2, 0.25) is 0 Å². The fraction of sp³-hybridized carbons (Fsp3) is 0.571. The zero-order chi connectivity index (χ0) is 14.0. The number of nitro groups is 1. The Morgan fingerprint density at radius 3 is 2.84 bits per heavy atom. The number of non-ortho nitro benzene ring substituents is 1. The van der Waals surface area contributed by atoms with Crippen molar-refractivity contribution in [3.8, 4) is 0 Å². The number of anilines is 1. The standard InChI is InChI=1S/C14H19ClN2O2/c1-3-11-7-12(17(18)19)8-13(15)14(11)16-6-4-5-10(2)9-16/h7-8,10H,3-6,9H2,1-2H3/t10-/m1/s1. The second-order valence-corrected chi connectivity index (χ2v) is 5.65. The molecule has 19 heavy (non-hydrogen) atoms. The summed E-state index contributed by atoms with van der Waals surface area (Å²) in [5.41, 5.74) is 2.03. The Morgan fingerprint density at radius 1 is 1.53 bits per heavy atom. The van der Waals surface area contributed by atoms with E-state index in [0.29, 0.717) is 10.9 Å². The molecule has 0 amide bonds. The molecule has 2 rings (SSSR count). The van der Waals surface area contributed by atoms with Gasteiger partial charge in [0.1, 0.15) is 0 Å². The van der Waals surface area contributed by atoms with Crippen LogP contribution in [0.4, 0.5) is 11.4 Å². The lowest BCUT2D eigenvalue weighted by Crippen LogP contribution is -2.35. The summed E-state index contributed by atoms with van der Waals surface area (Å²) in [5.74, 6) is 0.643. The van der Waals surface area contributed by atoms with E-state index in [0.717, 1.165) is 37.2 Å². The van der Waals surface area contributed by atoms with Crippen LogP contribution in [0.1, 0.15) is 32.3 Å². The molecule has 0 bridgehead atoms. The van der Waals surface area contributed by atoms with Gasteiger partial charge < -0.3 is 4.90 Å². The first kappa shape index (κ1) is 14.1. The van der Waals surface area contributed by atoms with Gasteiger partial charge in [0, 0.05) is 25.2 Å². The molecule has 0 aliphatic carbocycles. The molecule has 0 N–H and O–H groups in total. The first-order valence-electron chi connectivity index (χ1n) is 6.74. The number of piperidine rings is 1. The second kappa shape index (κ2) is 5.78. The molecule has 104 valence electrons. The predicted octanol–water partition coefficient (Wildman–Crippen LogP) is 4.05. The van der Waals surface area contributed by atoms with Crippen LogP contribution in [0.25, 0.3) is 0 Å². The maximum absolute atomic E-state index is 10.9. The minimum absolute atomic E-state index is 0.0793. The summed E-state index contributed by atoms with van der Waals surface area (Å²) in [6.45, 7) is 6.20. The molecule has 5 heteroatoms. The molecule has 0 unspecified atom stereocenters. The maximum atomic E-state index is 10.9. The van der Waals surface area contributed by atoms with Gasteiger partial charge in [-0.25, -0.2) is 0 Å². The van der Waals surface area contributed by atoms with Crippen molar-refractivity contribution in [1.29, 1.82) is 0 Å². The number of aryl methyl sites for hydroxylation is 1. The topological polar surface area (TPSA) is 46.4 Å². The summed E-state index contributed by atoms with van der Waals surface area (Å²) >= 11 is 6.29. The van der Waals surface area contributed by atoms with Gasteiger partial charge in [-0.1, -0.05) is 25.4 Å². The van der Waals surface area contributed by atoms with Crippen molar-refractivity contribution >= 4 is 23.0 Å². The lowest BCUT2D eigenvalue weighted by molar-refractivity contribution is -0.384. The Labute approximate surface area is 118 Å². The van der Waals surface area contributed by atoms with Crippen molar-refractivity contribution in [2.75, 3.05) is 18.0 Å². The summed E-state index contributed by atoms with van der Waals surface area (Å²) in [7, 11) is 0. The molecule has 0 aromatic heterocycles. The summed E-state index contributed by atoms with van der Waals surface area (Å²) < 4.78 is 0. The van der Waals surface area contributed by atoms with Gasteiger partial charge >= 0.3 is 0 Å². The largest absolute Gasteiger partial charge is 0.370 e. The molecular formula is C14H19ClN2O2. The van der Waals surface area contributed by atoms with Crippen molar-refractivity contribution in [2.45, 2.75) is 33.1 Å². The van der Waals surface area contributed by atoms with Gasteiger partial charge in [-0.2, -0.15) is 0 Å². The van der Waals surface area contributed by atoms with Crippen molar-refractivity contribution in [1.82, 2.24) is 0 Å². The third-order valence-corrected chi connectivity index (χ3v) is 3.98. The number of benzene rings is 1. The van der Waals surface area contributed by atoms with Crippen LogP contribution in [-0.2, 0) is 6.42 Å². The Kier molecular flexibility index (Phi) is 4.30. The van der Waals surface area contributed by atoms with Crippen LogP contribution in [0.2, 0.25) is 5.02 Å². The minimum atomic E-state index is -0.381. The van der Waals surface area contributed by atoms with E-state index in [-0.39, 0.29) is 10.6 Å². The summed E-state index contributed by atoms with van der Waals surface area (Å²) in [6, 6.07) is 3.12. The zero-order valence-electron chi connectivity index (χ0n) is 11.4. The van der Waals surface area contributed by atoms with E-state index in [9.17, 15) is 10.1 Å². The van der Waals surface area contributed by atoms with Gasteiger partial charge in [0.05, 0.1) is 15.6 Å². The SMILES string of the molecule is CCc1cc([N+](=O)[O-])cc(Cl)c1N1CCC[C@@H](C)C1. The fourth-order valence-electron chi connectivity index (χ4n) is 2.76. The molecule has 1 aliphatic rings. The van der Waals surface area contributed by atoms with Crippen LogP contribution in [0.3, 0.4) is 0 Å². The van der Waals surface area contributed by atoms with Crippen molar-refractivity contribution in [3.63, 3.8) is 0 Å². The van der Waals surface area contributed by atoms with Crippen LogP contribution >= 0.6 is 11.6 Å². The van der Waals surface area contributed by atoms with E-state index in [1.165, 1.54) is 12.5 Å². The van der Waals surface area contributed by atoms with Crippen LogP contribution < -0.4 is 4.90 Å². The molecule has 1 saturated heterocycles. The maximum Gasteiger partial charge on any atom is 0.271 e. The molecule has 1 aromatic rings. The predicted molar refractivity (Wildman–Crippen MR) is 78.1 cm³/mol. The van der Waals surface area contributed by atoms with Gasteiger partial charge in [-0.15, -0.1) is 0 Å². The van der Waals surface area contributed by atoms with Gasteiger partial charge in [-0.05, 0) is 30.7 Å². The molecule has 0 spiro atoms. The minimum Gasteiger partial charge on any atom is -0.370 e. The Bertz CT molecular complexity index is 491. The fourth-order valence-corrected chi connectivity index (χ4v) is 3.11. The average Bonchev–Trinajstić information content (AvgIpc) is 2.37. The smallest absolute Gasteiger partial charge is 0.271 e. The molecule has 0 radical (unpaired) electrons. The lowest BCUT2D eigenvalue weighted by Gasteiger charge is -2.34. The number of halogens is 1. The van der Waals surface area contributed by atoms with Crippen LogP contribution in [0.15, 0.2) is 12.1 Å². The Morgan fingerprint density at radius 2 is 2.26 bits per heavy atom. The van der Waals surface area contributed by atoms with E-state index in [4.69, 9.17) is 11.6 Å². The highest BCUT2D eigenvalue weighted by Crippen LogP contribution is 2.36. The van der Waals surface area contributed by atoms with Crippen LogP contribution in [-0.4, -0.2) is 18.0 Å². The highest BCUT2D eigenvalue weighted by molar-refractivity contribution is 6.33. The molecule has 1 aromatic carbocycles. The third-order valence-electron chi connectivity index (χ3n) is 3.69. The van der Waals surface area contributed by atoms with Gasteiger partial charge in [-0.3, -0.25) is 10.1 Å². The Balaban J connectivity index is 2.41. The summed E-state index contributed by atoms with van der Waals surface area (Å²) in [5, 5.41) is 11.4. The van der Waals surface area contributed by atoms with Crippen LogP contribution in [0.5, 0.6) is 0 Å². The number of nitro benzene ring substituents is 1. The molecule has 1 atom stereocenters. The quantitative estimate of drug-likeness (QED) is 0.621. The zero-order valence-corrected chi connectivity index (χ0v) is 12.1. The van der Waals surface area contributed by atoms with E-state index < -0.39 is 0 Å². The van der Waals surface area contributed by atoms with Gasteiger partial charge in [0.25, 0.3) is 5.69 Å². The summed E-state index contributed by atoms with van der Waals surface area (Å²) in [6.07, 6.45) is 3.14. The first-order valence-corrected chi connectivity index (χ1v) is 7.12. The number of hydrogen-bond acceptors (Lipinski definition) is 3. The Hall–Kier alpha value is -1.29. The normalized spacial score (nSPS) is 19.5. The first-order chi connectivity index (χ1) is 9.02. The molecule has 1 heterocycles. The number of rotatable bonds is 3.